The normalized spacial score (nSPS) is 21.2. The van der Waals surface area contributed by atoms with Gasteiger partial charge in [-0.3, -0.25) is 19.4 Å². The third-order valence-electron chi connectivity index (χ3n) is 7.75. The molecule has 1 aliphatic heterocycles. The number of halogens is 4. The first-order valence-corrected chi connectivity index (χ1v) is 13.2. The van der Waals surface area contributed by atoms with Crippen molar-refractivity contribution in [3.8, 4) is 0 Å². The summed E-state index contributed by atoms with van der Waals surface area (Å²) in [6, 6.07) is 8.43. The van der Waals surface area contributed by atoms with Crippen LogP contribution in [0.2, 0.25) is 0 Å². The Morgan fingerprint density at radius 3 is 2.45 bits per heavy atom. The second-order valence-corrected chi connectivity index (χ2v) is 10.7. The molecule has 2 aliphatic rings. The molecule has 2 aromatic rings. The molecule has 0 bridgehead atoms. The van der Waals surface area contributed by atoms with Crippen LogP contribution >= 0.6 is 0 Å². The molecule has 214 valence electrons. The van der Waals surface area contributed by atoms with Gasteiger partial charge in [-0.25, -0.2) is 4.39 Å². The minimum absolute atomic E-state index is 0.0467. The molecule has 2 N–H and O–H groups in total. The van der Waals surface area contributed by atoms with Crippen molar-refractivity contribution in [3.05, 3.63) is 70.5 Å². The quantitative estimate of drug-likeness (QED) is 0.421. The smallest absolute Gasteiger partial charge is 0.416 e. The molecule has 1 aliphatic carbocycles. The number of nitrogens with zero attached hydrogens (tertiary/aromatic N) is 2. The highest BCUT2D eigenvalue weighted by molar-refractivity contribution is 6.46. The molecular weight excluding hydrogens is 530 g/mol. The molecule has 1 fully saturated rings. The highest BCUT2D eigenvalue weighted by Gasteiger charge is 2.49. The third-order valence-corrected chi connectivity index (χ3v) is 7.75. The van der Waals surface area contributed by atoms with Crippen LogP contribution in [0.3, 0.4) is 0 Å². The van der Waals surface area contributed by atoms with E-state index in [0.29, 0.717) is 30.2 Å². The molecule has 40 heavy (non-hydrogen) atoms. The first-order chi connectivity index (χ1) is 18.8. The second kappa shape index (κ2) is 11.4. The molecule has 2 amide bonds. The van der Waals surface area contributed by atoms with Crippen molar-refractivity contribution < 1.29 is 37.1 Å². The summed E-state index contributed by atoms with van der Waals surface area (Å²) in [5.41, 5.74) is -1.70. The van der Waals surface area contributed by atoms with Crippen LogP contribution in [0.15, 0.2) is 47.5 Å². The number of alkyl halides is 3. The van der Waals surface area contributed by atoms with Gasteiger partial charge >= 0.3 is 12.1 Å². The summed E-state index contributed by atoms with van der Waals surface area (Å²) in [6.07, 6.45) is -2.27. The average molecular weight is 562 g/mol. The molecule has 2 aromatic carbocycles. The molecule has 0 saturated heterocycles. The average Bonchev–Trinajstić information content (AvgIpc) is 3.14. The van der Waals surface area contributed by atoms with Gasteiger partial charge in [0.2, 0.25) is 0 Å². The van der Waals surface area contributed by atoms with Gasteiger partial charge in [0.1, 0.15) is 17.2 Å². The summed E-state index contributed by atoms with van der Waals surface area (Å²) in [5.74, 6) is -2.38. The van der Waals surface area contributed by atoms with Gasteiger partial charge in [-0.2, -0.15) is 13.2 Å². The van der Waals surface area contributed by atoms with Crippen molar-refractivity contribution in [2.24, 2.45) is 16.8 Å². The number of carbonyl (C=O) groups excluding carboxylic acids is 2. The number of amides is 2. The third kappa shape index (κ3) is 6.18. The Hall–Kier alpha value is -3.76. The predicted molar refractivity (Wildman–Crippen MR) is 139 cm³/mol. The zero-order chi connectivity index (χ0) is 29.2. The summed E-state index contributed by atoms with van der Waals surface area (Å²) < 4.78 is 55.1. The maximum absolute atomic E-state index is 14.9. The fraction of sp³-hybridized carbons (Fsp3) is 0.448. The zero-order valence-electron chi connectivity index (χ0n) is 22.2. The number of hydrogen-bond donors (Lipinski definition) is 2. The largest absolute Gasteiger partial charge is 0.481 e. The maximum atomic E-state index is 14.9. The monoisotopic (exact) mass is 561 g/mol. The molecule has 0 atom stereocenters. The number of nitrogens with one attached hydrogen (secondary N) is 1. The molecule has 0 radical (unpaired) electrons. The standard InChI is InChI=1S/C29H31F4N3O4/c1-17(2)19-8-11-28(12-9-19)35-25(20-4-3-5-21(15-20)29(31,32)33)27(40)36(28)16-18-6-7-22(23(30)14-18)26(39)34-13-10-24(37)38/h3-7,14-15,17,19H,8-13,16H2,1-2H3,(H,34,39)(H,37,38). The molecular formula is C29H31F4N3O4. The lowest BCUT2D eigenvalue weighted by molar-refractivity contribution is -0.138. The van der Waals surface area contributed by atoms with Crippen molar-refractivity contribution >= 4 is 23.5 Å². The number of benzene rings is 2. The van der Waals surface area contributed by atoms with E-state index in [1.54, 1.807) is 0 Å². The molecule has 0 unspecified atom stereocenters. The van der Waals surface area contributed by atoms with Gasteiger partial charge in [0.25, 0.3) is 11.8 Å². The fourth-order valence-electron chi connectivity index (χ4n) is 5.44. The number of rotatable bonds is 8. The lowest BCUT2D eigenvalue weighted by atomic mass is 9.76. The van der Waals surface area contributed by atoms with E-state index in [4.69, 9.17) is 10.1 Å². The Balaban J connectivity index is 1.62. The SMILES string of the molecule is CC(C)C1CCC2(CC1)N=C(c1cccc(C(F)(F)F)c1)C(=O)N2Cc1ccc(C(=O)NCCC(=O)O)c(F)c1. The van der Waals surface area contributed by atoms with Crippen molar-refractivity contribution in [3.63, 3.8) is 0 Å². The molecule has 1 saturated carbocycles. The van der Waals surface area contributed by atoms with Gasteiger partial charge in [0.15, 0.2) is 0 Å². The Labute approximate surface area is 229 Å². The van der Waals surface area contributed by atoms with Crippen LogP contribution in [-0.2, 0) is 22.3 Å². The van der Waals surface area contributed by atoms with E-state index in [-0.39, 0.29) is 36.3 Å². The number of carboxylic acids is 1. The minimum Gasteiger partial charge on any atom is -0.481 e. The van der Waals surface area contributed by atoms with Crippen molar-refractivity contribution in [2.45, 2.75) is 64.3 Å². The minimum atomic E-state index is -4.58. The van der Waals surface area contributed by atoms with Gasteiger partial charge in [-0.15, -0.1) is 0 Å². The van der Waals surface area contributed by atoms with Crippen LogP contribution in [0.4, 0.5) is 17.6 Å². The van der Waals surface area contributed by atoms with E-state index in [1.807, 2.05) is 0 Å². The molecule has 0 aromatic heterocycles. The van der Waals surface area contributed by atoms with Crippen molar-refractivity contribution in [1.82, 2.24) is 10.2 Å². The number of aliphatic imine (C=N–C) groups is 1. The number of hydrogen-bond acceptors (Lipinski definition) is 4. The highest BCUT2D eigenvalue weighted by Crippen LogP contribution is 2.44. The van der Waals surface area contributed by atoms with Gasteiger partial charge in [-0.05, 0) is 67.3 Å². The van der Waals surface area contributed by atoms with Crippen LogP contribution in [0.1, 0.15) is 73.0 Å². The summed E-state index contributed by atoms with van der Waals surface area (Å²) in [5, 5.41) is 11.1. The lowest BCUT2D eigenvalue weighted by Gasteiger charge is -2.42. The van der Waals surface area contributed by atoms with E-state index in [0.717, 1.165) is 31.0 Å². The lowest BCUT2D eigenvalue weighted by Crippen LogP contribution is -2.48. The van der Waals surface area contributed by atoms with Gasteiger partial charge in [-0.1, -0.05) is 32.0 Å². The molecule has 11 heteroatoms. The number of carboxylic acid groups (broad SMARTS) is 1. The summed E-state index contributed by atoms with van der Waals surface area (Å²) >= 11 is 0. The summed E-state index contributed by atoms with van der Waals surface area (Å²) in [4.78, 5) is 42.9. The van der Waals surface area contributed by atoms with Crippen LogP contribution in [0.5, 0.6) is 0 Å². The first-order valence-electron chi connectivity index (χ1n) is 13.2. The van der Waals surface area contributed by atoms with E-state index < -0.39 is 41.0 Å². The second-order valence-electron chi connectivity index (χ2n) is 10.7. The van der Waals surface area contributed by atoms with Crippen LogP contribution < -0.4 is 5.32 Å². The van der Waals surface area contributed by atoms with Crippen molar-refractivity contribution in [2.75, 3.05) is 6.54 Å². The van der Waals surface area contributed by atoms with E-state index >= 15 is 0 Å². The first kappa shape index (κ1) is 29.2. The molecule has 1 spiro atoms. The number of aliphatic carboxylic acids is 1. The van der Waals surface area contributed by atoms with Crippen LogP contribution in [0, 0.1) is 17.7 Å². The predicted octanol–water partition coefficient (Wildman–Crippen LogP) is 5.42. The Morgan fingerprint density at radius 1 is 1.15 bits per heavy atom. The van der Waals surface area contributed by atoms with Gasteiger partial charge in [0.05, 0.1) is 17.5 Å². The fourth-order valence-corrected chi connectivity index (χ4v) is 5.44. The molecule has 4 rings (SSSR count). The zero-order valence-corrected chi connectivity index (χ0v) is 22.2. The summed E-state index contributed by atoms with van der Waals surface area (Å²) in [7, 11) is 0. The Morgan fingerprint density at radius 2 is 1.85 bits per heavy atom. The van der Waals surface area contributed by atoms with Crippen LogP contribution in [-0.4, -0.2) is 45.7 Å². The number of carbonyl (C=O) groups is 3. The van der Waals surface area contributed by atoms with Gasteiger partial charge < -0.3 is 15.3 Å². The summed E-state index contributed by atoms with van der Waals surface area (Å²) in [6.45, 7) is 4.04. The van der Waals surface area contributed by atoms with Gasteiger partial charge in [0, 0.05) is 18.7 Å². The maximum Gasteiger partial charge on any atom is 0.416 e. The van der Waals surface area contributed by atoms with E-state index in [2.05, 4.69) is 19.2 Å². The molecule has 1 heterocycles. The Kier molecular flexibility index (Phi) is 8.32. The van der Waals surface area contributed by atoms with Crippen molar-refractivity contribution in [1.29, 1.82) is 0 Å². The molecule has 7 nitrogen and oxygen atoms in total. The van der Waals surface area contributed by atoms with Crippen LogP contribution in [0.25, 0.3) is 0 Å². The highest BCUT2D eigenvalue weighted by atomic mass is 19.4. The van der Waals surface area contributed by atoms with E-state index in [1.165, 1.54) is 29.2 Å². The Bertz CT molecular complexity index is 1330. The van der Waals surface area contributed by atoms with E-state index in [9.17, 15) is 31.9 Å². The topological polar surface area (TPSA) is 99.1 Å².